The fourth-order valence-corrected chi connectivity index (χ4v) is 7.65. The van der Waals surface area contributed by atoms with Gasteiger partial charge in [-0.25, -0.2) is 22.3 Å². The van der Waals surface area contributed by atoms with Crippen molar-refractivity contribution in [2.24, 2.45) is 5.10 Å². The van der Waals surface area contributed by atoms with Crippen molar-refractivity contribution in [1.29, 1.82) is 0 Å². The molecule has 0 saturated heterocycles. The summed E-state index contributed by atoms with van der Waals surface area (Å²) in [4.78, 5) is 13.0. The molecule has 1 amide bonds. The molecule has 5 rings (SSSR count). The zero-order valence-corrected chi connectivity index (χ0v) is 28.5. The molecule has 0 aliphatic heterocycles. The molecule has 5 aromatic rings. The number of carbonyl (C=O) groups is 1. The highest BCUT2D eigenvalue weighted by Gasteiger charge is 2.28. The first-order chi connectivity index (χ1) is 23.0. The van der Waals surface area contributed by atoms with Crippen LogP contribution in [0.2, 0.25) is 10.0 Å². The van der Waals surface area contributed by atoms with Crippen LogP contribution in [0.5, 0.6) is 0 Å². The predicted octanol–water partition coefficient (Wildman–Crippen LogP) is 6.32. The molecule has 1 heterocycles. The summed E-state index contributed by atoms with van der Waals surface area (Å²) in [6.07, 6.45) is 1.24. The molecule has 0 aliphatic carbocycles. The zero-order chi connectivity index (χ0) is 34.1. The van der Waals surface area contributed by atoms with E-state index < -0.39 is 32.5 Å². The average Bonchev–Trinajstić information content (AvgIpc) is 3.52. The van der Waals surface area contributed by atoms with Gasteiger partial charge in [-0.15, -0.1) is 0 Å². The topological polar surface area (TPSA) is 129 Å². The minimum atomic E-state index is -4.07. The maximum absolute atomic E-state index is 13.6. The number of nitrogens with one attached hydrogen (secondary N) is 1. The number of hydrazone groups is 1. The molecule has 0 aliphatic rings. The van der Waals surface area contributed by atoms with Crippen LogP contribution in [0.3, 0.4) is 0 Å². The Hall–Kier alpha value is -4.30. The monoisotopic (exact) mass is 724 g/mol. The SMILES string of the molecule is O=C(CN(Cc1ccccc1)S(=O)(=O)c1ccc(Cl)cc1)N/N=C\c1ccc(CN(Cc2ccccc2)S(=O)(=O)c2ccc(Cl)cc2)o1. The number of nitrogens with zero attached hydrogens (tertiary/aromatic N) is 3. The number of benzene rings is 4. The molecule has 0 spiro atoms. The lowest BCUT2D eigenvalue weighted by molar-refractivity contribution is -0.121. The van der Waals surface area contributed by atoms with Crippen LogP contribution >= 0.6 is 23.2 Å². The molecule has 0 fully saturated rings. The molecular weight excluding hydrogens is 695 g/mol. The Balaban J connectivity index is 1.28. The van der Waals surface area contributed by atoms with Crippen molar-refractivity contribution < 1.29 is 26.0 Å². The van der Waals surface area contributed by atoms with E-state index in [0.717, 1.165) is 9.87 Å². The highest BCUT2D eigenvalue weighted by atomic mass is 35.5. The number of amides is 1. The van der Waals surface area contributed by atoms with Crippen LogP contribution in [0.1, 0.15) is 22.6 Å². The van der Waals surface area contributed by atoms with Gasteiger partial charge in [0, 0.05) is 23.1 Å². The number of halogens is 2. The molecule has 0 unspecified atom stereocenters. The van der Waals surface area contributed by atoms with E-state index >= 15 is 0 Å². The lowest BCUT2D eigenvalue weighted by Crippen LogP contribution is -2.39. The van der Waals surface area contributed by atoms with Crippen LogP contribution in [0, 0.1) is 0 Å². The van der Waals surface area contributed by atoms with Crippen LogP contribution in [-0.4, -0.2) is 44.1 Å². The molecular formula is C34H30Cl2N4O6S2. The fraction of sp³-hybridized carbons (Fsp3) is 0.118. The van der Waals surface area contributed by atoms with E-state index in [1.807, 2.05) is 36.4 Å². The molecule has 0 radical (unpaired) electrons. The van der Waals surface area contributed by atoms with Crippen LogP contribution < -0.4 is 5.43 Å². The van der Waals surface area contributed by atoms with Crippen molar-refractivity contribution in [2.75, 3.05) is 6.54 Å². The van der Waals surface area contributed by atoms with Crippen molar-refractivity contribution in [1.82, 2.24) is 14.0 Å². The van der Waals surface area contributed by atoms with E-state index in [-0.39, 0.29) is 35.2 Å². The lowest BCUT2D eigenvalue weighted by Gasteiger charge is -2.21. The number of carbonyl (C=O) groups excluding carboxylic acids is 1. The number of sulfonamides is 2. The van der Waals surface area contributed by atoms with Crippen LogP contribution in [0.15, 0.2) is 141 Å². The van der Waals surface area contributed by atoms with Crippen molar-refractivity contribution in [3.8, 4) is 0 Å². The van der Waals surface area contributed by atoms with Gasteiger partial charge in [0.1, 0.15) is 11.5 Å². The third kappa shape index (κ3) is 9.19. The maximum atomic E-state index is 13.6. The minimum Gasteiger partial charge on any atom is -0.459 e. The summed E-state index contributed by atoms with van der Waals surface area (Å²) in [5.41, 5.74) is 3.81. The van der Waals surface area contributed by atoms with Crippen molar-refractivity contribution in [3.63, 3.8) is 0 Å². The molecule has 0 bridgehead atoms. The fourth-order valence-electron chi connectivity index (χ4n) is 4.62. The molecule has 1 aromatic heterocycles. The number of hydrogen-bond acceptors (Lipinski definition) is 7. The van der Waals surface area contributed by atoms with Crippen molar-refractivity contribution in [2.45, 2.75) is 29.4 Å². The highest BCUT2D eigenvalue weighted by molar-refractivity contribution is 7.89. The molecule has 48 heavy (non-hydrogen) atoms. The van der Waals surface area contributed by atoms with E-state index in [2.05, 4.69) is 10.5 Å². The molecule has 0 atom stereocenters. The summed E-state index contributed by atoms with van der Waals surface area (Å²) >= 11 is 11.9. The minimum absolute atomic E-state index is 0.0124. The third-order valence-electron chi connectivity index (χ3n) is 7.02. The van der Waals surface area contributed by atoms with Gasteiger partial charge in [-0.2, -0.15) is 13.7 Å². The van der Waals surface area contributed by atoms with Gasteiger partial charge < -0.3 is 4.42 Å². The maximum Gasteiger partial charge on any atom is 0.255 e. The second-order valence-electron chi connectivity index (χ2n) is 10.5. The summed E-state index contributed by atoms with van der Waals surface area (Å²) in [5, 5.41) is 4.72. The number of furan rings is 1. The first kappa shape index (κ1) is 35.0. The van der Waals surface area contributed by atoms with Gasteiger partial charge in [0.25, 0.3) is 5.91 Å². The van der Waals surface area contributed by atoms with Crippen LogP contribution in [0.25, 0.3) is 0 Å². The van der Waals surface area contributed by atoms with E-state index in [1.165, 1.54) is 59.1 Å². The smallest absolute Gasteiger partial charge is 0.255 e. The normalized spacial score (nSPS) is 12.2. The Labute approximate surface area is 289 Å². The van der Waals surface area contributed by atoms with Gasteiger partial charge in [0.05, 0.1) is 29.1 Å². The van der Waals surface area contributed by atoms with Gasteiger partial charge in [0.2, 0.25) is 20.0 Å². The molecule has 248 valence electrons. The lowest BCUT2D eigenvalue weighted by atomic mass is 10.2. The van der Waals surface area contributed by atoms with Gasteiger partial charge in [-0.1, -0.05) is 83.9 Å². The predicted molar refractivity (Wildman–Crippen MR) is 184 cm³/mol. The third-order valence-corrected chi connectivity index (χ3v) is 11.1. The van der Waals surface area contributed by atoms with Crippen molar-refractivity contribution in [3.05, 3.63) is 154 Å². The van der Waals surface area contributed by atoms with E-state index in [0.29, 0.717) is 21.4 Å². The van der Waals surface area contributed by atoms with Gasteiger partial charge in [-0.05, 0) is 71.8 Å². The van der Waals surface area contributed by atoms with E-state index in [9.17, 15) is 21.6 Å². The number of hydrogen-bond donors (Lipinski definition) is 1. The molecule has 0 saturated carbocycles. The molecule has 14 heteroatoms. The summed E-state index contributed by atoms with van der Waals surface area (Å²) < 4.78 is 62.3. The highest BCUT2D eigenvalue weighted by Crippen LogP contribution is 2.24. The Morgan fingerprint density at radius 3 is 1.65 bits per heavy atom. The second-order valence-corrected chi connectivity index (χ2v) is 15.3. The molecule has 4 aromatic carbocycles. The quantitative estimate of drug-likeness (QED) is 0.105. The average molecular weight is 726 g/mol. The summed E-state index contributed by atoms with van der Waals surface area (Å²) in [7, 11) is -8.01. The van der Waals surface area contributed by atoms with Gasteiger partial charge in [0.15, 0.2) is 0 Å². The van der Waals surface area contributed by atoms with Crippen LogP contribution in [-0.2, 0) is 44.5 Å². The van der Waals surface area contributed by atoms with Crippen LogP contribution in [0.4, 0.5) is 0 Å². The standard InChI is InChI=1S/C34H30Cl2N4O6S2/c35-28-11-17-32(18-12-28)47(42,43)39(22-26-7-3-1-4-8-26)24-31-16-15-30(46-31)21-37-38-34(41)25-40(23-27-9-5-2-6-10-27)48(44,45)33-19-13-29(36)14-20-33/h1-21H,22-25H2,(H,38,41)/b37-21-. The van der Waals surface area contributed by atoms with Gasteiger partial charge in [-0.3, -0.25) is 4.79 Å². The first-order valence-corrected chi connectivity index (χ1v) is 18.1. The Morgan fingerprint density at radius 1 is 0.646 bits per heavy atom. The zero-order valence-electron chi connectivity index (χ0n) is 25.3. The van der Waals surface area contributed by atoms with Crippen molar-refractivity contribution >= 4 is 55.4 Å². The Morgan fingerprint density at radius 2 is 1.12 bits per heavy atom. The second kappa shape index (κ2) is 15.7. The molecule has 10 nitrogen and oxygen atoms in total. The summed E-state index contributed by atoms with van der Waals surface area (Å²) in [6, 6.07) is 32.8. The van der Waals surface area contributed by atoms with Gasteiger partial charge >= 0.3 is 0 Å². The van der Waals surface area contributed by atoms with E-state index in [1.54, 1.807) is 36.4 Å². The number of rotatable bonds is 14. The molecule has 1 N–H and O–H groups in total. The Kier molecular flexibility index (Phi) is 11.5. The summed E-state index contributed by atoms with van der Waals surface area (Å²) in [5.74, 6) is -0.113. The summed E-state index contributed by atoms with van der Waals surface area (Å²) in [6.45, 7) is -0.568. The first-order valence-electron chi connectivity index (χ1n) is 14.5. The van der Waals surface area contributed by atoms with E-state index in [4.69, 9.17) is 27.6 Å². The Bertz CT molecular complexity index is 2080. The largest absolute Gasteiger partial charge is 0.459 e.